The molecule has 0 bridgehead atoms. The Morgan fingerprint density at radius 3 is 2.24 bits per heavy atom. The first-order valence-corrected chi connectivity index (χ1v) is 11.5. The highest BCUT2D eigenvalue weighted by molar-refractivity contribution is 5.81. The third-order valence-electron chi connectivity index (χ3n) is 6.09. The first kappa shape index (κ1) is 25.2. The second-order valence-corrected chi connectivity index (χ2v) is 8.38. The lowest BCUT2D eigenvalue weighted by Crippen LogP contribution is -2.40. The van der Waals surface area contributed by atoms with E-state index < -0.39 is 18.2 Å². The molecule has 34 heavy (non-hydrogen) atoms. The zero-order chi connectivity index (χ0) is 24.5. The van der Waals surface area contributed by atoms with Gasteiger partial charge in [-0.3, -0.25) is 9.59 Å². The van der Waals surface area contributed by atoms with E-state index in [4.69, 9.17) is 14.6 Å². The van der Waals surface area contributed by atoms with E-state index >= 15 is 0 Å². The van der Waals surface area contributed by atoms with Crippen LogP contribution in [0.15, 0.2) is 48.5 Å². The zero-order valence-electron chi connectivity index (χ0n) is 19.7. The molecule has 0 saturated heterocycles. The Bertz CT molecular complexity index is 963. The van der Waals surface area contributed by atoms with Crippen molar-refractivity contribution in [2.75, 3.05) is 33.9 Å². The number of ether oxygens (including phenoxy) is 2. The third-order valence-corrected chi connectivity index (χ3v) is 6.09. The number of alkyl carbamates (subject to hydrolysis) is 1. The molecule has 8 nitrogen and oxygen atoms in total. The number of hydrogen-bond acceptors (Lipinski definition) is 5. The second kappa shape index (κ2) is 12.2. The van der Waals surface area contributed by atoms with Crippen LogP contribution in [0.4, 0.5) is 4.79 Å². The Hall–Kier alpha value is -3.39. The van der Waals surface area contributed by atoms with Crippen LogP contribution >= 0.6 is 0 Å². The molecular formula is C26H32N2O6. The molecule has 3 rings (SSSR count). The number of aliphatic carboxylic acids is 1. The van der Waals surface area contributed by atoms with Crippen molar-refractivity contribution in [3.8, 4) is 11.1 Å². The average Bonchev–Trinajstić information content (AvgIpc) is 3.16. The highest BCUT2D eigenvalue weighted by Gasteiger charge is 2.29. The molecular weight excluding hydrogens is 436 g/mol. The van der Waals surface area contributed by atoms with Crippen molar-refractivity contribution in [3.05, 3.63) is 59.7 Å². The van der Waals surface area contributed by atoms with Gasteiger partial charge in [0.15, 0.2) is 0 Å². The summed E-state index contributed by atoms with van der Waals surface area (Å²) in [5.74, 6) is -1.06. The number of methoxy groups -OCH3 is 1. The number of unbranched alkanes of at least 4 members (excludes halogenated alkanes) is 1. The van der Waals surface area contributed by atoms with Crippen LogP contribution in [0.2, 0.25) is 0 Å². The van der Waals surface area contributed by atoms with Crippen LogP contribution in [0.1, 0.15) is 42.7 Å². The van der Waals surface area contributed by atoms with Crippen LogP contribution in [-0.2, 0) is 19.1 Å². The van der Waals surface area contributed by atoms with Crippen molar-refractivity contribution >= 4 is 18.0 Å². The van der Waals surface area contributed by atoms with E-state index in [-0.39, 0.29) is 31.4 Å². The SMILES string of the molecule is COC(CCNC(=O)OCC1c2ccccc2-c2ccccc21)C(=O)N(C)CCCCC(=O)O. The molecule has 1 aliphatic carbocycles. The van der Waals surface area contributed by atoms with E-state index in [0.717, 1.165) is 11.1 Å². The molecule has 0 spiro atoms. The normalized spacial score (nSPS) is 13.0. The van der Waals surface area contributed by atoms with Gasteiger partial charge in [0.25, 0.3) is 5.91 Å². The number of benzene rings is 2. The molecule has 0 aromatic heterocycles. The van der Waals surface area contributed by atoms with E-state index in [9.17, 15) is 14.4 Å². The predicted octanol–water partition coefficient (Wildman–Crippen LogP) is 3.64. The lowest BCUT2D eigenvalue weighted by molar-refractivity contribution is -0.141. The number of carbonyl (C=O) groups excluding carboxylic acids is 2. The maximum absolute atomic E-state index is 12.6. The number of nitrogens with one attached hydrogen (secondary N) is 1. The van der Waals surface area contributed by atoms with Gasteiger partial charge in [-0.15, -0.1) is 0 Å². The Kier molecular flexibility index (Phi) is 9.04. The minimum Gasteiger partial charge on any atom is -0.481 e. The van der Waals surface area contributed by atoms with Crippen LogP contribution < -0.4 is 5.32 Å². The van der Waals surface area contributed by atoms with Crippen LogP contribution in [0.25, 0.3) is 11.1 Å². The summed E-state index contributed by atoms with van der Waals surface area (Å²) in [5, 5.41) is 11.4. The molecule has 2 amide bonds. The molecule has 0 heterocycles. The van der Waals surface area contributed by atoms with Crippen molar-refractivity contribution in [2.24, 2.45) is 0 Å². The molecule has 0 aliphatic heterocycles. The topological polar surface area (TPSA) is 105 Å². The summed E-state index contributed by atoms with van der Waals surface area (Å²) in [5.41, 5.74) is 4.63. The number of nitrogens with zero attached hydrogens (tertiary/aromatic N) is 1. The van der Waals surface area contributed by atoms with Gasteiger partial charge >= 0.3 is 12.1 Å². The summed E-state index contributed by atoms with van der Waals surface area (Å²) in [6.07, 6.45) is 0.264. The van der Waals surface area contributed by atoms with Crippen molar-refractivity contribution in [3.63, 3.8) is 0 Å². The summed E-state index contributed by atoms with van der Waals surface area (Å²) in [4.78, 5) is 37.0. The molecule has 2 N–H and O–H groups in total. The third kappa shape index (κ3) is 6.35. The van der Waals surface area contributed by atoms with E-state index in [2.05, 4.69) is 29.6 Å². The Morgan fingerprint density at radius 2 is 1.65 bits per heavy atom. The number of carboxylic acid groups (broad SMARTS) is 1. The Balaban J connectivity index is 1.43. The molecule has 1 aliphatic rings. The van der Waals surface area contributed by atoms with Crippen molar-refractivity contribution in [1.29, 1.82) is 0 Å². The van der Waals surface area contributed by atoms with Gasteiger partial charge in [0.05, 0.1) is 0 Å². The van der Waals surface area contributed by atoms with Crippen LogP contribution in [0.3, 0.4) is 0 Å². The highest BCUT2D eigenvalue weighted by atomic mass is 16.5. The molecule has 1 unspecified atom stereocenters. The molecule has 8 heteroatoms. The summed E-state index contributed by atoms with van der Waals surface area (Å²) < 4.78 is 10.8. The van der Waals surface area contributed by atoms with Crippen LogP contribution in [0.5, 0.6) is 0 Å². The van der Waals surface area contributed by atoms with Crippen molar-refractivity contribution in [2.45, 2.75) is 37.7 Å². The lowest BCUT2D eigenvalue weighted by atomic mass is 9.98. The van der Waals surface area contributed by atoms with Gasteiger partial charge in [-0.25, -0.2) is 4.79 Å². The predicted molar refractivity (Wildman–Crippen MR) is 128 cm³/mol. The first-order valence-electron chi connectivity index (χ1n) is 11.5. The van der Waals surface area contributed by atoms with Crippen molar-refractivity contribution in [1.82, 2.24) is 10.2 Å². The summed E-state index contributed by atoms with van der Waals surface area (Å²) >= 11 is 0. The smallest absolute Gasteiger partial charge is 0.407 e. The number of rotatable bonds is 12. The van der Waals surface area contributed by atoms with Gasteiger partial charge in [-0.2, -0.15) is 0 Å². The van der Waals surface area contributed by atoms with Gasteiger partial charge in [0, 0.05) is 46.0 Å². The molecule has 182 valence electrons. The Morgan fingerprint density at radius 1 is 1.03 bits per heavy atom. The first-order chi connectivity index (χ1) is 16.4. The van der Waals surface area contributed by atoms with E-state index in [0.29, 0.717) is 25.8 Å². The Labute approximate surface area is 199 Å². The van der Waals surface area contributed by atoms with Gasteiger partial charge in [0.2, 0.25) is 0 Å². The number of fused-ring (bicyclic) bond motifs is 3. The monoisotopic (exact) mass is 468 g/mol. The number of carbonyl (C=O) groups is 3. The standard InChI is InChI=1S/C26H32N2O6/c1-28(16-8-7-13-24(29)30)25(31)23(33-2)14-15-27-26(32)34-17-22-20-11-5-3-9-18(20)19-10-4-6-12-21(19)22/h3-6,9-12,22-23H,7-8,13-17H2,1-2H3,(H,27,32)(H,29,30). The quantitative estimate of drug-likeness (QED) is 0.461. The molecule has 0 saturated carbocycles. The van der Waals surface area contributed by atoms with Gasteiger partial charge in [-0.05, 0) is 35.1 Å². The fraction of sp³-hybridized carbons (Fsp3) is 0.423. The van der Waals surface area contributed by atoms with Crippen LogP contribution in [0, 0.1) is 0 Å². The van der Waals surface area contributed by atoms with Gasteiger partial charge < -0.3 is 24.8 Å². The maximum atomic E-state index is 12.6. The molecule has 1 atom stereocenters. The number of hydrogen-bond donors (Lipinski definition) is 2. The van der Waals surface area contributed by atoms with E-state index in [1.165, 1.54) is 23.1 Å². The average molecular weight is 469 g/mol. The fourth-order valence-corrected chi connectivity index (χ4v) is 4.28. The minimum absolute atomic E-state index is 0.0128. The molecule has 0 radical (unpaired) electrons. The second-order valence-electron chi connectivity index (χ2n) is 8.38. The number of amides is 2. The lowest BCUT2D eigenvalue weighted by Gasteiger charge is -2.23. The largest absolute Gasteiger partial charge is 0.481 e. The summed E-state index contributed by atoms with van der Waals surface area (Å²) in [7, 11) is 3.11. The molecule has 2 aromatic rings. The summed E-state index contributed by atoms with van der Waals surface area (Å²) in [6.45, 7) is 0.908. The molecule has 0 fully saturated rings. The van der Waals surface area contributed by atoms with E-state index in [1.54, 1.807) is 7.05 Å². The zero-order valence-corrected chi connectivity index (χ0v) is 19.7. The summed E-state index contributed by atoms with van der Waals surface area (Å²) in [6, 6.07) is 16.3. The number of carboxylic acids is 1. The van der Waals surface area contributed by atoms with E-state index in [1.807, 2.05) is 24.3 Å². The van der Waals surface area contributed by atoms with Crippen molar-refractivity contribution < 1.29 is 29.0 Å². The van der Waals surface area contributed by atoms with Gasteiger partial charge in [-0.1, -0.05) is 48.5 Å². The van der Waals surface area contributed by atoms with Gasteiger partial charge in [0.1, 0.15) is 12.7 Å². The number of likely N-dealkylation sites (N-methyl/N-ethyl adjacent to an activating group) is 1. The highest BCUT2D eigenvalue weighted by Crippen LogP contribution is 2.44. The molecule has 2 aromatic carbocycles. The maximum Gasteiger partial charge on any atom is 0.407 e. The minimum atomic E-state index is -0.844. The fourth-order valence-electron chi connectivity index (χ4n) is 4.28. The van der Waals surface area contributed by atoms with Crippen LogP contribution in [-0.4, -0.2) is 67.9 Å².